The highest BCUT2D eigenvalue weighted by Crippen LogP contribution is 2.29. The molecule has 1 heterocycles. The zero-order chi connectivity index (χ0) is 21.0. The summed E-state index contributed by atoms with van der Waals surface area (Å²) in [5.74, 6) is 0.824. The molecule has 5 nitrogen and oxygen atoms in total. The maximum absolute atomic E-state index is 13.0. The Kier molecular flexibility index (Phi) is 6.80. The van der Waals surface area contributed by atoms with Crippen LogP contribution in [-0.2, 0) is 11.3 Å². The summed E-state index contributed by atoms with van der Waals surface area (Å²) in [6.07, 6.45) is 1.88. The number of carbonyl (C=O) groups excluding carboxylic acids is 1. The molecule has 0 bridgehead atoms. The van der Waals surface area contributed by atoms with Gasteiger partial charge in [-0.2, -0.15) is 0 Å². The van der Waals surface area contributed by atoms with Gasteiger partial charge in [0.1, 0.15) is 0 Å². The quantitative estimate of drug-likeness (QED) is 0.788. The van der Waals surface area contributed by atoms with Gasteiger partial charge < -0.3 is 14.7 Å². The van der Waals surface area contributed by atoms with E-state index in [0.29, 0.717) is 5.75 Å². The van der Waals surface area contributed by atoms with Crippen molar-refractivity contribution in [3.63, 3.8) is 0 Å². The Morgan fingerprint density at radius 2 is 1.83 bits per heavy atom. The summed E-state index contributed by atoms with van der Waals surface area (Å²) in [7, 11) is 1.55. The SMILES string of the molecule is COc1ccc(CN2CCC(N(C(=O)C(C)C)c3ccc(C)cc3)CC2)cc1O. The number of hydrogen-bond acceptors (Lipinski definition) is 4. The smallest absolute Gasteiger partial charge is 0.229 e. The van der Waals surface area contributed by atoms with Crippen molar-refractivity contribution in [3.05, 3.63) is 53.6 Å². The highest BCUT2D eigenvalue weighted by atomic mass is 16.5. The predicted octanol–water partition coefficient (Wildman–Crippen LogP) is 4.36. The van der Waals surface area contributed by atoms with Crippen molar-refractivity contribution in [1.29, 1.82) is 0 Å². The number of benzene rings is 2. The fraction of sp³-hybridized carbons (Fsp3) is 0.458. The molecule has 1 fully saturated rings. The minimum Gasteiger partial charge on any atom is -0.504 e. The van der Waals surface area contributed by atoms with Crippen molar-refractivity contribution in [3.8, 4) is 11.5 Å². The number of aromatic hydroxyl groups is 1. The lowest BCUT2D eigenvalue weighted by molar-refractivity contribution is -0.122. The topological polar surface area (TPSA) is 53.0 Å². The summed E-state index contributed by atoms with van der Waals surface area (Å²) in [5.41, 5.74) is 3.26. The van der Waals surface area contributed by atoms with Crippen LogP contribution < -0.4 is 9.64 Å². The lowest BCUT2D eigenvalue weighted by atomic mass is 9.99. The molecule has 156 valence electrons. The fourth-order valence-electron chi connectivity index (χ4n) is 3.93. The average Bonchev–Trinajstić information content (AvgIpc) is 2.71. The average molecular weight is 397 g/mol. The van der Waals surface area contributed by atoms with E-state index in [1.54, 1.807) is 19.2 Å². The number of amides is 1. The number of aryl methyl sites for hydroxylation is 1. The van der Waals surface area contributed by atoms with Gasteiger partial charge in [0, 0.05) is 37.3 Å². The molecule has 0 atom stereocenters. The van der Waals surface area contributed by atoms with E-state index < -0.39 is 0 Å². The Bertz CT molecular complexity index is 825. The second-order valence-corrected chi connectivity index (χ2v) is 8.21. The number of phenols is 1. The number of ether oxygens (including phenoxy) is 1. The van der Waals surface area contributed by atoms with Gasteiger partial charge in [-0.05, 0) is 49.6 Å². The van der Waals surface area contributed by atoms with Gasteiger partial charge in [0.05, 0.1) is 7.11 Å². The summed E-state index contributed by atoms with van der Waals surface area (Å²) in [6, 6.07) is 14.0. The van der Waals surface area contributed by atoms with Crippen LogP contribution in [0.3, 0.4) is 0 Å². The molecule has 0 aliphatic carbocycles. The second-order valence-electron chi connectivity index (χ2n) is 8.21. The van der Waals surface area contributed by atoms with Crippen LogP contribution in [0.1, 0.15) is 37.8 Å². The van der Waals surface area contributed by atoms with Gasteiger partial charge in [-0.15, -0.1) is 0 Å². The van der Waals surface area contributed by atoms with E-state index in [1.807, 2.05) is 24.8 Å². The summed E-state index contributed by atoms with van der Waals surface area (Å²) >= 11 is 0. The molecule has 1 N–H and O–H groups in total. The zero-order valence-electron chi connectivity index (χ0n) is 17.9. The lowest BCUT2D eigenvalue weighted by Gasteiger charge is -2.39. The minimum absolute atomic E-state index is 0.0309. The van der Waals surface area contributed by atoms with E-state index in [2.05, 4.69) is 36.1 Å². The number of carbonyl (C=O) groups is 1. The normalized spacial score (nSPS) is 15.5. The van der Waals surface area contributed by atoms with Crippen LogP contribution in [-0.4, -0.2) is 42.2 Å². The van der Waals surface area contributed by atoms with Gasteiger partial charge in [0.15, 0.2) is 11.5 Å². The van der Waals surface area contributed by atoms with Crippen molar-refractivity contribution in [2.45, 2.75) is 46.2 Å². The van der Waals surface area contributed by atoms with E-state index in [1.165, 1.54) is 5.56 Å². The number of piperidine rings is 1. The maximum atomic E-state index is 13.0. The molecule has 0 spiro atoms. The highest BCUT2D eigenvalue weighted by molar-refractivity contribution is 5.95. The number of nitrogens with zero attached hydrogens (tertiary/aromatic N) is 2. The Balaban J connectivity index is 1.67. The van der Waals surface area contributed by atoms with Crippen LogP contribution in [0.2, 0.25) is 0 Å². The molecule has 2 aromatic rings. The lowest BCUT2D eigenvalue weighted by Crippen LogP contribution is -2.48. The molecule has 1 saturated heterocycles. The molecule has 1 aliphatic rings. The summed E-state index contributed by atoms with van der Waals surface area (Å²) < 4.78 is 5.12. The largest absolute Gasteiger partial charge is 0.504 e. The van der Waals surface area contributed by atoms with Crippen LogP contribution >= 0.6 is 0 Å². The summed E-state index contributed by atoms with van der Waals surface area (Å²) in [4.78, 5) is 17.4. The first kappa shape index (κ1) is 21.2. The Hall–Kier alpha value is -2.53. The van der Waals surface area contributed by atoms with E-state index in [-0.39, 0.29) is 23.6 Å². The van der Waals surface area contributed by atoms with Gasteiger partial charge >= 0.3 is 0 Å². The first-order valence-electron chi connectivity index (χ1n) is 10.4. The van der Waals surface area contributed by atoms with Crippen molar-refractivity contribution in [2.75, 3.05) is 25.1 Å². The third-order valence-corrected chi connectivity index (χ3v) is 5.62. The van der Waals surface area contributed by atoms with Crippen molar-refractivity contribution in [1.82, 2.24) is 4.90 Å². The van der Waals surface area contributed by atoms with Gasteiger partial charge in [-0.1, -0.05) is 37.6 Å². The number of methoxy groups -OCH3 is 1. The van der Waals surface area contributed by atoms with E-state index in [4.69, 9.17) is 4.74 Å². The standard InChI is InChI=1S/C24H32N2O3/c1-17(2)24(28)26(20-8-5-18(3)6-9-20)21-11-13-25(14-12-21)16-19-7-10-23(29-4)22(27)15-19/h5-10,15,17,21,27H,11-14,16H2,1-4H3. The van der Waals surface area contributed by atoms with E-state index in [0.717, 1.165) is 43.7 Å². The fourth-order valence-corrected chi connectivity index (χ4v) is 3.93. The third kappa shape index (κ3) is 5.10. The number of hydrogen-bond donors (Lipinski definition) is 1. The Morgan fingerprint density at radius 1 is 1.17 bits per heavy atom. The maximum Gasteiger partial charge on any atom is 0.229 e. The van der Waals surface area contributed by atoms with Gasteiger partial charge in [-0.25, -0.2) is 0 Å². The summed E-state index contributed by atoms with van der Waals surface area (Å²) in [5, 5.41) is 10.0. The molecule has 1 aliphatic heterocycles. The van der Waals surface area contributed by atoms with Gasteiger partial charge in [-0.3, -0.25) is 9.69 Å². The van der Waals surface area contributed by atoms with Crippen LogP contribution in [0.5, 0.6) is 11.5 Å². The molecular formula is C24H32N2O3. The van der Waals surface area contributed by atoms with Crippen LogP contribution in [0.15, 0.2) is 42.5 Å². The van der Waals surface area contributed by atoms with Gasteiger partial charge in [0.2, 0.25) is 5.91 Å². The van der Waals surface area contributed by atoms with Crippen LogP contribution in [0, 0.1) is 12.8 Å². The highest BCUT2D eigenvalue weighted by Gasteiger charge is 2.30. The Morgan fingerprint density at radius 3 is 2.38 bits per heavy atom. The molecule has 0 unspecified atom stereocenters. The van der Waals surface area contributed by atoms with Crippen molar-refractivity contribution >= 4 is 11.6 Å². The number of likely N-dealkylation sites (tertiary alicyclic amines) is 1. The third-order valence-electron chi connectivity index (χ3n) is 5.62. The molecule has 0 saturated carbocycles. The number of anilines is 1. The predicted molar refractivity (Wildman–Crippen MR) is 116 cm³/mol. The van der Waals surface area contributed by atoms with Crippen LogP contribution in [0.25, 0.3) is 0 Å². The van der Waals surface area contributed by atoms with Crippen molar-refractivity contribution < 1.29 is 14.6 Å². The van der Waals surface area contributed by atoms with Crippen molar-refractivity contribution in [2.24, 2.45) is 5.92 Å². The molecule has 0 radical (unpaired) electrons. The molecular weight excluding hydrogens is 364 g/mol. The van der Waals surface area contributed by atoms with E-state index >= 15 is 0 Å². The molecule has 5 heteroatoms. The first-order chi connectivity index (χ1) is 13.9. The number of phenolic OH excluding ortho intramolecular Hbond substituents is 1. The number of rotatable bonds is 6. The molecule has 3 rings (SSSR count). The second kappa shape index (κ2) is 9.31. The molecule has 1 amide bonds. The van der Waals surface area contributed by atoms with Gasteiger partial charge in [0.25, 0.3) is 0 Å². The van der Waals surface area contributed by atoms with E-state index in [9.17, 15) is 9.90 Å². The molecule has 2 aromatic carbocycles. The van der Waals surface area contributed by atoms with Crippen LogP contribution in [0.4, 0.5) is 5.69 Å². The zero-order valence-corrected chi connectivity index (χ0v) is 17.9. The monoisotopic (exact) mass is 396 g/mol. The Labute approximate surface area is 173 Å². The molecule has 29 heavy (non-hydrogen) atoms. The minimum atomic E-state index is -0.0309. The first-order valence-corrected chi connectivity index (χ1v) is 10.4. The summed E-state index contributed by atoms with van der Waals surface area (Å²) in [6.45, 7) is 8.63. The molecule has 0 aromatic heterocycles.